The fourth-order valence-electron chi connectivity index (χ4n) is 3.54. The molecule has 0 aliphatic carbocycles. The second-order valence-corrected chi connectivity index (χ2v) is 8.15. The lowest BCUT2D eigenvalue weighted by molar-refractivity contribution is -0.143. The summed E-state index contributed by atoms with van der Waals surface area (Å²) in [7, 11) is 0. The number of halogens is 6. The van der Waals surface area contributed by atoms with Crippen LogP contribution in [-0.2, 0) is 34.8 Å². The first-order valence-electron chi connectivity index (χ1n) is 10.7. The lowest BCUT2D eigenvalue weighted by Gasteiger charge is -2.17. The van der Waals surface area contributed by atoms with Crippen LogP contribution in [0.5, 0.6) is 0 Å². The zero-order chi connectivity index (χ0) is 27.4. The first-order chi connectivity index (χ1) is 17.2. The minimum absolute atomic E-state index is 0.0618. The van der Waals surface area contributed by atoms with Crippen molar-refractivity contribution in [1.82, 2.24) is 5.32 Å². The molecule has 3 aromatic rings. The van der Waals surface area contributed by atoms with Gasteiger partial charge in [-0.1, -0.05) is 54.6 Å². The largest absolute Gasteiger partial charge is 0.480 e. The van der Waals surface area contributed by atoms with E-state index in [1.807, 2.05) is 0 Å². The molecule has 3 rings (SSSR count). The maximum absolute atomic E-state index is 13.0. The average molecular weight is 523 g/mol. The van der Waals surface area contributed by atoms with Crippen molar-refractivity contribution >= 4 is 17.7 Å². The van der Waals surface area contributed by atoms with E-state index < -0.39 is 53.4 Å². The molecule has 0 aliphatic heterocycles. The van der Waals surface area contributed by atoms with Gasteiger partial charge in [-0.15, -0.1) is 0 Å². The minimum atomic E-state index is -5.08. The summed E-state index contributed by atoms with van der Waals surface area (Å²) in [6.45, 7) is 0. The van der Waals surface area contributed by atoms with Crippen molar-refractivity contribution in [2.45, 2.75) is 31.2 Å². The Bertz CT molecular complexity index is 1250. The average Bonchev–Trinajstić information content (AvgIpc) is 2.83. The number of carboxylic acids is 1. The maximum atomic E-state index is 13.0. The molecule has 0 saturated heterocycles. The number of nitrogens with one attached hydrogen (secondary N) is 1. The van der Waals surface area contributed by atoms with E-state index in [4.69, 9.17) is 0 Å². The van der Waals surface area contributed by atoms with Crippen LogP contribution < -0.4 is 5.32 Å². The monoisotopic (exact) mass is 523 g/mol. The third-order valence-corrected chi connectivity index (χ3v) is 5.34. The molecule has 0 saturated carbocycles. The minimum Gasteiger partial charge on any atom is -0.480 e. The van der Waals surface area contributed by atoms with Crippen LogP contribution >= 0.6 is 0 Å². The highest BCUT2D eigenvalue weighted by atomic mass is 19.4. The summed E-state index contributed by atoms with van der Waals surface area (Å²) in [5, 5.41) is 11.6. The Hall–Kier alpha value is -4.15. The highest BCUT2D eigenvalue weighted by Gasteiger charge is 2.37. The fraction of sp³-hybridized carbons (Fsp3) is 0.192. The quantitative estimate of drug-likeness (QED) is 0.310. The number of rotatable bonds is 8. The van der Waals surface area contributed by atoms with Crippen LogP contribution in [0.2, 0.25) is 0 Å². The summed E-state index contributed by atoms with van der Waals surface area (Å²) in [5.74, 6) is -2.79. The van der Waals surface area contributed by atoms with Crippen molar-refractivity contribution in [3.8, 4) is 0 Å². The Labute approximate surface area is 206 Å². The molecule has 0 aromatic heterocycles. The van der Waals surface area contributed by atoms with Crippen LogP contribution in [0.4, 0.5) is 26.3 Å². The van der Waals surface area contributed by atoms with E-state index in [2.05, 4.69) is 5.32 Å². The summed E-state index contributed by atoms with van der Waals surface area (Å²) in [4.78, 5) is 36.5. The van der Waals surface area contributed by atoms with Crippen molar-refractivity contribution in [2.75, 3.05) is 0 Å². The lowest BCUT2D eigenvalue weighted by Crippen LogP contribution is -2.43. The molecule has 1 amide bonds. The molecule has 37 heavy (non-hydrogen) atoms. The SMILES string of the molecule is O=C(Cc1cc(C(F)(F)F)cc(C(F)(F)F)c1)N[C@H](Cc1ccc(C(=O)c2ccccc2)cc1)C(=O)O. The van der Waals surface area contributed by atoms with Gasteiger partial charge in [-0.2, -0.15) is 26.3 Å². The third-order valence-electron chi connectivity index (χ3n) is 5.34. The summed E-state index contributed by atoms with van der Waals surface area (Å²) in [6, 6.07) is 13.6. The molecule has 0 aliphatic rings. The van der Waals surface area contributed by atoms with Crippen LogP contribution in [0.25, 0.3) is 0 Å². The number of hydrogen-bond donors (Lipinski definition) is 2. The van der Waals surface area contributed by atoms with Gasteiger partial charge in [0.25, 0.3) is 0 Å². The van der Waals surface area contributed by atoms with Crippen molar-refractivity contribution in [2.24, 2.45) is 0 Å². The summed E-state index contributed by atoms with van der Waals surface area (Å²) in [6.07, 6.45) is -11.3. The van der Waals surface area contributed by atoms with Gasteiger partial charge in [0.2, 0.25) is 5.91 Å². The summed E-state index contributed by atoms with van der Waals surface area (Å²) < 4.78 is 78.2. The Balaban J connectivity index is 1.72. The lowest BCUT2D eigenvalue weighted by atomic mass is 9.99. The molecule has 3 aromatic carbocycles. The van der Waals surface area contributed by atoms with Gasteiger partial charge in [0, 0.05) is 17.5 Å². The molecule has 2 N–H and O–H groups in total. The van der Waals surface area contributed by atoms with E-state index in [1.54, 1.807) is 30.3 Å². The van der Waals surface area contributed by atoms with Crippen LogP contribution in [0.3, 0.4) is 0 Å². The van der Waals surface area contributed by atoms with Gasteiger partial charge in [0.15, 0.2) is 5.78 Å². The number of carbonyl (C=O) groups is 3. The van der Waals surface area contributed by atoms with E-state index in [9.17, 15) is 45.8 Å². The molecule has 0 unspecified atom stereocenters. The Morgan fingerprint density at radius 2 is 1.24 bits per heavy atom. The first kappa shape index (κ1) is 27.4. The van der Waals surface area contributed by atoms with Crippen LogP contribution in [-0.4, -0.2) is 28.8 Å². The molecule has 194 valence electrons. The number of alkyl halides is 6. The van der Waals surface area contributed by atoms with Crippen molar-refractivity contribution in [3.63, 3.8) is 0 Å². The number of hydrogen-bond acceptors (Lipinski definition) is 3. The Morgan fingerprint density at radius 3 is 1.73 bits per heavy atom. The number of carboxylic acid groups (broad SMARTS) is 1. The molecule has 5 nitrogen and oxygen atoms in total. The van der Waals surface area contributed by atoms with E-state index in [0.29, 0.717) is 28.8 Å². The Morgan fingerprint density at radius 1 is 0.730 bits per heavy atom. The van der Waals surface area contributed by atoms with E-state index in [1.165, 1.54) is 24.3 Å². The van der Waals surface area contributed by atoms with E-state index in [0.717, 1.165) is 0 Å². The van der Waals surface area contributed by atoms with E-state index >= 15 is 0 Å². The number of benzene rings is 3. The van der Waals surface area contributed by atoms with Gasteiger partial charge >= 0.3 is 18.3 Å². The van der Waals surface area contributed by atoms with Crippen molar-refractivity contribution < 1.29 is 45.8 Å². The van der Waals surface area contributed by atoms with Gasteiger partial charge in [0.05, 0.1) is 17.5 Å². The molecule has 0 radical (unpaired) electrons. The van der Waals surface area contributed by atoms with Crippen LogP contribution in [0.1, 0.15) is 38.2 Å². The topological polar surface area (TPSA) is 83.5 Å². The smallest absolute Gasteiger partial charge is 0.416 e. The van der Waals surface area contributed by atoms with E-state index in [-0.39, 0.29) is 18.3 Å². The summed E-state index contributed by atoms with van der Waals surface area (Å²) in [5.41, 5.74) is -2.51. The molecule has 0 heterocycles. The van der Waals surface area contributed by atoms with Gasteiger partial charge < -0.3 is 10.4 Å². The zero-order valence-corrected chi connectivity index (χ0v) is 18.9. The fourth-order valence-corrected chi connectivity index (χ4v) is 3.54. The third kappa shape index (κ3) is 7.42. The van der Waals surface area contributed by atoms with Crippen LogP contribution in [0, 0.1) is 0 Å². The normalized spacial score (nSPS) is 12.6. The Kier molecular flexibility index (Phi) is 8.05. The predicted molar refractivity (Wildman–Crippen MR) is 120 cm³/mol. The maximum Gasteiger partial charge on any atom is 0.416 e. The molecular weight excluding hydrogens is 504 g/mol. The standard InChI is InChI=1S/C26H19F6NO4/c27-25(28,29)19-10-16(11-20(14-19)26(30,31)32)13-22(34)33-21(24(36)37)12-15-6-8-18(9-7-15)23(35)17-4-2-1-3-5-17/h1-11,14,21H,12-13H2,(H,33,34)(H,36,37)/t21-/m1/s1. The molecule has 0 spiro atoms. The van der Waals surface area contributed by atoms with Gasteiger partial charge in [-0.05, 0) is 29.3 Å². The zero-order valence-electron chi connectivity index (χ0n) is 18.9. The number of carbonyl (C=O) groups excluding carboxylic acids is 2. The molecule has 0 bridgehead atoms. The first-order valence-corrected chi connectivity index (χ1v) is 10.7. The number of aliphatic carboxylic acids is 1. The second-order valence-electron chi connectivity index (χ2n) is 8.15. The highest BCUT2D eigenvalue weighted by molar-refractivity contribution is 6.08. The summed E-state index contributed by atoms with van der Waals surface area (Å²) >= 11 is 0. The van der Waals surface area contributed by atoms with Crippen molar-refractivity contribution in [1.29, 1.82) is 0 Å². The second kappa shape index (κ2) is 10.9. The molecule has 0 fully saturated rings. The molecule has 11 heteroatoms. The van der Waals surface area contributed by atoms with Crippen molar-refractivity contribution in [3.05, 3.63) is 106 Å². The highest BCUT2D eigenvalue weighted by Crippen LogP contribution is 2.36. The molecular formula is C26H19F6NO4. The van der Waals surface area contributed by atoms with Crippen LogP contribution in [0.15, 0.2) is 72.8 Å². The number of ketones is 1. The predicted octanol–water partition coefficient (Wildman–Crippen LogP) is 5.31. The molecule has 1 atom stereocenters. The van der Waals surface area contributed by atoms with Gasteiger partial charge in [-0.25, -0.2) is 4.79 Å². The number of amides is 1. The van der Waals surface area contributed by atoms with Gasteiger partial charge in [-0.3, -0.25) is 9.59 Å². The van der Waals surface area contributed by atoms with Gasteiger partial charge in [0.1, 0.15) is 6.04 Å².